The normalized spacial score (nSPS) is 10.6. The lowest BCUT2D eigenvalue weighted by molar-refractivity contribution is 0.758. The van der Waals surface area contributed by atoms with Gasteiger partial charge in [-0.15, -0.1) is 0 Å². The van der Waals surface area contributed by atoms with Gasteiger partial charge in [0.1, 0.15) is 5.82 Å². The van der Waals surface area contributed by atoms with E-state index in [2.05, 4.69) is 27.1 Å². The van der Waals surface area contributed by atoms with Crippen LogP contribution in [0.15, 0.2) is 24.3 Å². The number of unbranched alkanes of at least 4 members (excludes halogenated alkanes) is 1. The van der Waals surface area contributed by atoms with Crippen LogP contribution >= 0.6 is 23.2 Å². The molecule has 0 spiro atoms. The Hall–Kier alpha value is -1.52. The van der Waals surface area contributed by atoms with Crippen LogP contribution in [-0.4, -0.2) is 23.6 Å². The van der Waals surface area contributed by atoms with Crippen LogP contribution < -0.4 is 10.2 Å². The molecule has 1 N–H and O–H groups in total. The van der Waals surface area contributed by atoms with E-state index in [1.165, 1.54) is 0 Å². The van der Waals surface area contributed by atoms with Crippen molar-refractivity contribution in [2.75, 3.05) is 23.8 Å². The van der Waals surface area contributed by atoms with E-state index in [0.717, 1.165) is 36.6 Å². The van der Waals surface area contributed by atoms with E-state index in [0.29, 0.717) is 16.0 Å². The maximum absolute atomic E-state index is 6.18. The maximum atomic E-state index is 6.18. The van der Waals surface area contributed by atoms with Crippen molar-refractivity contribution in [3.63, 3.8) is 0 Å². The fraction of sp³-hybridized carbons (Fsp3) is 0.375. The van der Waals surface area contributed by atoms with E-state index in [4.69, 9.17) is 23.2 Å². The zero-order valence-electron chi connectivity index (χ0n) is 13.0. The lowest BCUT2D eigenvalue weighted by Crippen LogP contribution is -2.20. The Labute approximate surface area is 141 Å². The lowest BCUT2D eigenvalue weighted by Gasteiger charge is -2.19. The van der Waals surface area contributed by atoms with Gasteiger partial charge in [0.2, 0.25) is 5.95 Å². The van der Waals surface area contributed by atoms with Gasteiger partial charge in [0, 0.05) is 30.4 Å². The van der Waals surface area contributed by atoms with Crippen molar-refractivity contribution in [1.82, 2.24) is 9.97 Å². The van der Waals surface area contributed by atoms with Gasteiger partial charge in [-0.3, -0.25) is 0 Å². The number of hydrogen-bond acceptors (Lipinski definition) is 4. The minimum Gasteiger partial charge on any atom is -0.360 e. The minimum atomic E-state index is 0.530. The summed E-state index contributed by atoms with van der Waals surface area (Å²) >= 11 is 12.1. The molecule has 0 aliphatic rings. The second-order valence-electron chi connectivity index (χ2n) is 5.22. The van der Waals surface area contributed by atoms with Crippen molar-refractivity contribution < 1.29 is 0 Å². The van der Waals surface area contributed by atoms with Gasteiger partial charge in [0.15, 0.2) is 0 Å². The number of nitrogens with zero attached hydrogens (tertiary/aromatic N) is 3. The summed E-state index contributed by atoms with van der Waals surface area (Å²) in [7, 11) is 2.04. The second kappa shape index (κ2) is 7.65. The molecule has 118 valence electrons. The van der Waals surface area contributed by atoms with Crippen molar-refractivity contribution in [3.05, 3.63) is 40.0 Å². The number of anilines is 3. The molecule has 1 heterocycles. The number of rotatable bonds is 6. The van der Waals surface area contributed by atoms with E-state index in [1.807, 2.05) is 26.1 Å². The Morgan fingerprint density at radius 2 is 1.95 bits per heavy atom. The molecule has 2 rings (SSSR count). The first-order valence-electron chi connectivity index (χ1n) is 7.28. The van der Waals surface area contributed by atoms with Crippen molar-refractivity contribution in [3.8, 4) is 0 Å². The molecule has 0 amide bonds. The largest absolute Gasteiger partial charge is 0.360 e. The summed E-state index contributed by atoms with van der Waals surface area (Å²) in [6.07, 6.45) is 2.28. The van der Waals surface area contributed by atoms with E-state index in [-0.39, 0.29) is 0 Å². The smallest absolute Gasteiger partial charge is 0.229 e. The molecular formula is C16H20Cl2N4. The molecule has 0 bridgehead atoms. The third-order valence-electron chi connectivity index (χ3n) is 3.26. The molecule has 0 aliphatic heterocycles. The molecule has 6 heteroatoms. The van der Waals surface area contributed by atoms with Gasteiger partial charge in [-0.05, 0) is 31.5 Å². The molecule has 22 heavy (non-hydrogen) atoms. The van der Waals surface area contributed by atoms with E-state index >= 15 is 0 Å². The summed E-state index contributed by atoms with van der Waals surface area (Å²) in [5.41, 5.74) is 1.64. The molecule has 2 aromatic rings. The Morgan fingerprint density at radius 3 is 2.64 bits per heavy atom. The molecule has 0 radical (unpaired) electrons. The second-order valence-corrected chi connectivity index (χ2v) is 6.06. The molecule has 0 atom stereocenters. The Balaban J connectivity index is 2.22. The monoisotopic (exact) mass is 338 g/mol. The highest BCUT2D eigenvalue weighted by Gasteiger charge is 2.08. The molecule has 1 aromatic heterocycles. The number of halogens is 2. The Morgan fingerprint density at radius 1 is 1.18 bits per heavy atom. The SMILES string of the molecule is CCCCN(C)c1cc(C)nc(Nc2ccc(Cl)cc2Cl)n1. The number of aryl methyl sites for hydroxylation is 1. The maximum Gasteiger partial charge on any atom is 0.229 e. The summed E-state index contributed by atoms with van der Waals surface area (Å²) < 4.78 is 0. The molecule has 0 saturated heterocycles. The predicted octanol–water partition coefficient (Wildman–Crippen LogP) is 5.07. The minimum absolute atomic E-state index is 0.530. The van der Waals surface area contributed by atoms with Crippen molar-refractivity contribution >= 4 is 40.7 Å². The summed E-state index contributed by atoms with van der Waals surface area (Å²) in [5, 5.41) is 4.29. The van der Waals surface area contributed by atoms with Crippen molar-refractivity contribution in [2.45, 2.75) is 26.7 Å². The van der Waals surface area contributed by atoms with Crippen LogP contribution in [0, 0.1) is 6.92 Å². The fourth-order valence-corrected chi connectivity index (χ4v) is 2.48. The van der Waals surface area contributed by atoms with Crippen LogP contribution in [-0.2, 0) is 0 Å². The van der Waals surface area contributed by atoms with Crippen LogP contribution in [0.2, 0.25) is 10.0 Å². The van der Waals surface area contributed by atoms with E-state index in [1.54, 1.807) is 12.1 Å². The molecule has 0 unspecified atom stereocenters. The standard InChI is InChI=1S/C16H20Cl2N4/c1-4-5-8-22(3)15-9-11(2)19-16(21-15)20-14-7-6-12(17)10-13(14)18/h6-7,9-10H,4-5,8H2,1-3H3,(H,19,20,21). The average Bonchev–Trinajstić information content (AvgIpc) is 2.47. The molecular weight excluding hydrogens is 319 g/mol. The third-order valence-corrected chi connectivity index (χ3v) is 3.80. The Kier molecular flexibility index (Phi) is 5.86. The van der Waals surface area contributed by atoms with Gasteiger partial charge < -0.3 is 10.2 Å². The molecule has 0 fully saturated rings. The molecule has 4 nitrogen and oxygen atoms in total. The van der Waals surface area contributed by atoms with Crippen LogP contribution in [0.25, 0.3) is 0 Å². The predicted molar refractivity (Wildman–Crippen MR) is 94.7 cm³/mol. The first-order chi connectivity index (χ1) is 10.5. The third kappa shape index (κ3) is 4.49. The van der Waals surface area contributed by atoms with Gasteiger partial charge in [-0.25, -0.2) is 4.98 Å². The molecule has 0 aliphatic carbocycles. The van der Waals surface area contributed by atoms with Gasteiger partial charge >= 0.3 is 0 Å². The number of nitrogens with one attached hydrogen (secondary N) is 1. The zero-order valence-corrected chi connectivity index (χ0v) is 14.5. The number of hydrogen-bond donors (Lipinski definition) is 1. The number of benzene rings is 1. The first-order valence-corrected chi connectivity index (χ1v) is 8.04. The van der Waals surface area contributed by atoms with Crippen molar-refractivity contribution in [1.29, 1.82) is 0 Å². The Bertz CT molecular complexity index is 646. The summed E-state index contributed by atoms with van der Waals surface area (Å²) in [6, 6.07) is 7.26. The van der Waals surface area contributed by atoms with Crippen LogP contribution in [0.5, 0.6) is 0 Å². The zero-order chi connectivity index (χ0) is 16.1. The molecule has 1 aromatic carbocycles. The van der Waals surface area contributed by atoms with E-state index in [9.17, 15) is 0 Å². The highest BCUT2D eigenvalue weighted by atomic mass is 35.5. The van der Waals surface area contributed by atoms with Gasteiger partial charge in [0.25, 0.3) is 0 Å². The first kappa shape index (κ1) is 16.8. The van der Waals surface area contributed by atoms with Crippen LogP contribution in [0.4, 0.5) is 17.5 Å². The molecule has 0 saturated carbocycles. The van der Waals surface area contributed by atoms with E-state index < -0.39 is 0 Å². The summed E-state index contributed by atoms with van der Waals surface area (Å²) in [4.78, 5) is 11.1. The van der Waals surface area contributed by atoms with Crippen molar-refractivity contribution in [2.24, 2.45) is 0 Å². The summed E-state index contributed by atoms with van der Waals surface area (Å²) in [5.74, 6) is 1.43. The topological polar surface area (TPSA) is 41.1 Å². The van der Waals surface area contributed by atoms with Gasteiger partial charge in [0.05, 0.1) is 10.7 Å². The highest BCUT2D eigenvalue weighted by Crippen LogP contribution is 2.27. The van der Waals surface area contributed by atoms with Gasteiger partial charge in [-0.1, -0.05) is 36.5 Å². The fourth-order valence-electron chi connectivity index (χ4n) is 2.02. The van der Waals surface area contributed by atoms with Crippen LogP contribution in [0.3, 0.4) is 0 Å². The van der Waals surface area contributed by atoms with Gasteiger partial charge in [-0.2, -0.15) is 4.98 Å². The quantitative estimate of drug-likeness (QED) is 0.798. The average molecular weight is 339 g/mol. The highest BCUT2D eigenvalue weighted by molar-refractivity contribution is 6.36. The van der Waals surface area contributed by atoms with Crippen LogP contribution in [0.1, 0.15) is 25.5 Å². The summed E-state index contributed by atoms with van der Waals surface area (Å²) in [6.45, 7) is 5.09. The number of aromatic nitrogens is 2. The lowest BCUT2D eigenvalue weighted by atomic mass is 10.3.